The summed E-state index contributed by atoms with van der Waals surface area (Å²) >= 11 is 0. The number of hydrogen-bond donors (Lipinski definition) is 1. The highest BCUT2D eigenvalue weighted by Gasteiger charge is 2.15. The van der Waals surface area contributed by atoms with E-state index in [-0.39, 0.29) is 6.04 Å². The lowest BCUT2D eigenvalue weighted by Crippen LogP contribution is -2.26. The molecule has 0 spiro atoms. The van der Waals surface area contributed by atoms with Crippen molar-refractivity contribution in [1.82, 2.24) is 5.32 Å². The standard InChI is InChI=1S/C19H25NO/c1-4-21-13-12-20-19(17-8-6-5-7-9-17)18-11-10-15(2)14-16(18)3/h5-11,14,19-20H,4,12-13H2,1-3H3. The van der Waals surface area contributed by atoms with E-state index in [1.54, 1.807) is 0 Å². The van der Waals surface area contributed by atoms with Crippen LogP contribution in [-0.2, 0) is 4.74 Å². The summed E-state index contributed by atoms with van der Waals surface area (Å²) in [5.74, 6) is 0. The molecule has 21 heavy (non-hydrogen) atoms. The van der Waals surface area contributed by atoms with Gasteiger partial charge in [-0.25, -0.2) is 0 Å². The molecule has 1 unspecified atom stereocenters. The maximum absolute atomic E-state index is 5.44. The van der Waals surface area contributed by atoms with Crippen LogP contribution in [0.15, 0.2) is 48.5 Å². The zero-order valence-corrected chi connectivity index (χ0v) is 13.2. The number of hydrogen-bond acceptors (Lipinski definition) is 2. The van der Waals surface area contributed by atoms with Crippen LogP contribution in [0.3, 0.4) is 0 Å². The Bertz CT molecular complexity index is 551. The summed E-state index contributed by atoms with van der Waals surface area (Å²) in [6.07, 6.45) is 0. The highest BCUT2D eigenvalue weighted by atomic mass is 16.5. The van der Waals surface area contributed by atoms with E-state index in [4.69, 9.17) is 4.74 Å². The molecule has 0 aromatic heterocycles. The lowest BCUT2D eigenvalue weighted by molar-refractivity contribution is 0.148. The molecule has 0 aliphatic rings. The molecule has 2 nitrogen and oxygen atoms in total. The van der Waals surface area contributed by atoms with Gasteiger partial charge in [0, 0.05) is 13.2 Å². The average Bonchev–Trinajstić information content (AvgIpc) is 2.49. The van der Waals surface area contributed by atoms with Crippen LogP contribution in [0.1, 0.15) is 35.2 Å². The van der Waals surface area contributed by atoms with Crippen molar-refractivity contribution in [1.29, 1.82) is 0 Å². The molecule has 0 aliphatic heterocycles. The fourth-order valence-corrected chi connectivity index (χ4v) is 2.62. The fraction of sp³-hybridized carbons (Fsp3) is 0.368. The average molecular weight is 283 g/mol. The summed E-state index contributed by atoms with van der Waals surface area (Å²) < 4.78 is 5.44. The van der Waals surface area contributed by atoms with Crippen molar-refractivity contribution in [3.63, 3.8) is 0 Å². The first-order chi connectivity index (χ1) is 10.2. The normalized spacial score (nSPS) is 12.3. The SMILES string of the molecule is CCOCCNC(c1ccccc1)c1ccc(C)cc1C. The molecule has 112 valence electrons. The van der Waals surface area contributed by atoms with Crippen LogP contribution in [-0.4, -0.2) is 19.8 Å². The first-order valence-corrected chi connectivity index (χ1v) is 7.65. The largest absolute Gasteiger partial charge is 0.380 e. The van der Waals surface area contributed by atoms with Gasteiger partial charge in [-0.3, -0.25) is 0 Å². The van der Waals surface area contributed by atoms with Crippen molar-refractivity contribution in [3.8, 4) is 0 Å². The summed E-state index contributed by atoms with van der Waals surface area (Å²) in [5, 5.41) is 3.62. The Balaban J connectivity index is 2.23. The topological polar surface area (TPSA) is 21.3 Å². The minimum Gasteiger partial charge on any atom is -0.380 e. The van der Waals surface area contributed by atoms with E-state index in [0.29, 0.717) is 0 Å². The van der Waals surface area contributed by atoms with Gasteiger partial charge in [-0.1, -0.05) is 54.1 Å². The predicted octanol–water partition coefficient (Wildman–Crippen LogP) is 4.02. The van der Waals surface area contributed by atoms with Gasteiger partial charge in [0.15, 0.2) is 0 Å². The van der Waals surface area contributed by atoms with Gasteiger partial charge in [-0.05, 0) is 37.5 Å². The monoisotopic (exact) mass is 283 g/mol. The Morgan fingerprint density at radius 2 is 1.81 bits per heavy atom. The van der Waals surface area contributed by atoms with Crippen LogP contribution in [0.5, 0.6) is 0 Å². The van der Waals surface area contributed by atoms with E-state index in [1.165, 1.54) is 22.3 Å². The summed E-state index contributed by atoms with van der Waals surface area (Å²) in [6.45, 7) is 8.70. The molecule has 2 rings (SSSR count). The third-order valence-corrected chi connectivity index (χ3v) is 3.67. The third kappa shape index (κ3) is 4.42. The number of aryl methyl sites for hydroxylation is 2. The molecule has 0 aliphatic carbocycles. The van der Waals surface area contributed by atoms with E-state index in [1.807, 2.05) is 6.92 Å². The Kier molecular flexibility index (Phi) is 5.97. The van der Waals surface area contributed by atoms with Gasteiger partial charge >= 0.3 is 0 Å². The molecule has 1 atom stereocenters. The van der Waals surface area contributed by atoms with E-state index < -0.39 is 0 Å². The van der Waals surface area contributed by atoms with Gasteiger partial charge in [-0.15, -0.1) is 0 Å². The molecular weight excluding hydrogens is 258 g/mol. The molecule has 0 fully saturated rings. The van der Waals surface area contributed by atoms with E-state index in [2.05, 4.69) is 67.7 Å². The Labute approximate surface area is 128 Å². The van der Waals surface area contributed by atoms with Gasteiger partial charge in [0.25, 0.3) is 0 Å². The Morgan fingerprint density at radius 1 is 1.05 bits per heavy atom. The predicted molar refractivity (Wildman–Crippen MR) is 88.7 cm³/mol. The van der Waals surface area contributed by atoms with Gasteiger partial charge in [-0.2, -0.15) is 0 Å². The maximum atomic E-state index is 5.44. The number of rotatable bonds is 7. The number of ether oxygens (including phenoxy) is 1. The zero-order valence-electron chi connectivity index (χ0n) is 13.2. The molecule has 0 heterocycles. The van der Waals surface area contributed by atoms with Gasteiger partial charge in [0.2, 0.25) is 0 Å². The lowest BCUT2D eigenvalue weighted by atomic mass is 9.94. The van der Waals surface area contributed by atoms with Crippen LogP contribution >= 0.6 is 0 Å². The minimum absolute atomic E-state index is 0.215. The van der Waals surface area contributed by atoms with Crippen molar-refractivity contribution < 1.29 is 4.74 Å². The molecule has 1 N–H and O–H groups in total. The Morgan fingerprint density at radius 3 is 2.48 bits per heavy atom. The highest BCUT2D eigenvalue weighted by Crippen LogP contribution is 2.25. The Hall–Kier alpha value is -1.64. The van der Waals surface area contributed by atoms with Crippen LogP contribution < -0.4 is 5.32 Å². The van der Waals surface area contributed by atoms with Crippen molar-refractivity contribution in [2.45, 2.75) is 26.8 Å². The third-order valence-electron chi connectivity index (χ3n) is 3.67. The fourth-order valence-electron chi connectivity index (χ4n) is 2.62. The van der Waals surface area contributed by atoms with Crippen molar-refractivity contribution in [2.24, 2.45) is 0 Å². The zero-order chi connectivity index (χ0) is 15.1. The van der Waals surface area contributed by atoms with Crippen molar-refractivity contribution in [3.05, 3.63) is 70.8 Å². The molecule has 0 amide bonds. The smallest absolute Gasteiger partial charge is 0.0591 e. The van der Waals surface area contributed by atoms with E-state index in [9.17, 15) is 0 Å². The molecule has 0 saturated heterocycles. The molecule has 2 heteroatoms. The minimum atomic E-state index is 0.215. The summed E-state index contributed by atoms with van der Waals surface area (Å²) in [6, 6.07) is 17.5. The highest BCUT2D eigenvalue weighted by molar-refractivity contribution is 5.38. The van der Waals surface area contributed by atoms with Gasteiger partial charge in [0.05, 0.1) is 12.6 Å². The van der Waals surface area contributed by atoms with Crippen LogP contribution in [0, 0.1) is 13.8 Å². The van der Waals surface area contributed by atoms with E-state index in [0.717, 1.165) is 19.8 Å². The van der Waals surface area contributed by atoms with Gasteiger partial charge in [0.1, 0.15) is 0 Å². The second kappa shape index (κ2) is 7.96. The van der Waals surface area contributed by atoms with E-state index >= 15 is 0 Å². The first kappa shape index (κ1) is 15.7. The van der Waals surface area contributed by atoms with Crippen LogP contribution in [0.4, 0.5) is 0 Å². The lowest BCUT2D eigenvalue weighted by Gasteiger charge is -2.22. The summed E-state index contributed by atoms with van der Waals surface area (Å²) in [4.78, 5) is 0. The molecule has 2 aromatic carbocycles. The second-order valence-electron chi connectivity index (χ2n) is 5.35. The maximum Gasteiger partial charge on any atom is 0.0591 e. The first-order valence-electron chi connectivity index (χ1n) is 7.65. The summed E-state index contributed by atoms with van der Waals surface area (Å²) in [5.41, 5.74) is 5.26. The number of benzene rings is 2. The molecule has 2 aromatic rings. The molecule has 0 saturated carbocycles. The van der Waals surface area contributed by atoms with Crippen molar-refractivity contribution in [2.75, 3.05) is 19.8 Å². The number of nitrogens with one attached hydrogen (secondary N) is 1. The van der Waals surface area contributed by atoms with Crippen molar-refractivity contribution >= 4 is 0 Å². The second-order valence-corrected chi connectivity index (χ2v) is 5.35. The van der Waals surface area contributed by atoms with Crippen LogP contribution in [0.2, 0.25) is 0 Å². The molecule has 0 bridgehead atoms. The molecule has 0 radical (unpaired) electrons. The molecular formula is C19H25NO. The van der Waals surface area contributed by atoms with Gasteiger partial charge < -0.3 is 10.1 Å². The summed E-state index contributed by atoms with van der Waals surface area (Å²) in [7, 11) is 0. The van der Waals surface area contributed by atoms with Crippen LogP contribution in [0.25, 0.3) is 0 Å². The quantitative estimate of drug-likeness (QED) is 0.775.